The van der Waals surface area contributed by atoms with E-state index in [1.54, 1.807) is 0 Å². The molecule has 1 atom stereocenters. The van der Waals surface area contributed by atoms with E-state index in [1.165, 1.54) is 19.4 Å². The van der Waals surface area contributed by atoms with Gasteiger partial charge in [0, 0.05) is 19.1 Å². The normalized spacial score (nSPS) is 12.8. The molecule has 1 aromatic rings. The van der Waals surface area contributed by atoms with Crippen LogP contribution < -0.4 is 4.74 Å². The summed E-state index contributed by atoms with van der Waals surface area (Å²) >= 11 is 0. The van der Waals surface area contributed by atoms with E-state index in [0.717, 1.165) is 11.3 Å². The molecule has 0 N–H and O–H groups in total. The van der Waals surface area contributed by atoms with Crippen molar-refractivity contribution >= 4 is 6.29 Å². The number of allylic oxidation sites excluding steroid dienone is 1. The average Bonchev–Trinajstić information content (AvgIpc) is 2.55. The number of rotatable bonds is 9. The van der Waals surface area contributed by atoms with Gasteiger partial charge < -0.3 is 18.9 Å². The zero-order chi connectivity index (χ0) is 17.0. The van der Waals surface area contributed by atoms with Crippen molar-refractivity contribution in [2.24, 2.45) is 0 Å². The summed E-state index contributed by atoms with van der Waals surface area (Å²) in [6, 6.07) is 7.58. The number of aldehydes is 1. The molecule has 0 aliphatic heterocycles. The number of carbonyl (C=O) groups excluding carboxylic acids is 1. The molecule has 5 nitrogen and oxygen atoms in total. The Labute approximate surface area is 137 Å². The lowest BCUT2D eigenvalue weighted by atomic mass is 9.97. The van der Waals surface area contributed by atoms with E-state index in [9.17, 15) is 4.79 Å². The lowest BCUT2D eigenvalue weighted by Crippen LogP contribution is -2.27. The summed E-state index contributed by atoms with van der Waals surface area (Å²) < 4.78 is 20.9. The van der Waals surface area contributed by atoms with E-state index >= 15 is 0 Å². The fourth-order valence-corrected chi connectivity index (χ4v) is 1.78. The highest BCUT2D eigenvalue weighted by molar-refractivity contribution is 5.64. The lowest BCUT2D eigenvalue weighted by molar-refractivity contribution is -0.104. The Hall–Kier alpha value is -2.45. The molecule has 1 aromatic carbocycles. The van der Waals surface area contributed by atoms with Crippen LogP contribution in [-0.2, 0) is 25.4 Å². The van der Waals surface area contributed by atoms with E-state index < -0.39 is 5.60 Å². The summed E-state index contributed by atoms with van der Waals surface area (Å²) in [5, 5.41) is 0. The smallest absolute Gasteiger partial charge is 0.189 e. The zero-order valence-electron chi connectivity index (χ0n) is 13.7. The predicted octanol–water partition coefficient (Wildman–Crippen LogP) is 2.70. The molecule has 0 spiro atoms. The van der Waals surface area contributed by atoms with Gasteiger partial charge in [-0.05, 0) is 37.5 Å². The van der Waals surface area contributed by atoms with Gasteiger partial charge in [0.1, 0.15) is 18.1 Å². The van der Waals surface area contributed by atoms with Gasteiger partial charge in [0.15, 0.2) is 12.4 Å². The van der Waals surface area contributed by atoms with Gasteiger partial charge in [-0.15, -0.1) is 0 Å². The lowest BCUT2D eigenvalue weighted by Gasteiger charge is -2.23. The van der Waals surface area contributed by atoms with Gasteiger partial charge in [0.25, 0.3) is 0 Å². The maximum absolute atomic E-state index is 10.4. The average molecular weight is 318 g/mol. The van der Waals surface area contributed by atoms with Crippen molar-refractivity contribution in [3.05, 3.63) is 42.2 Å². The molecule has 124 valence electrons. The third kappa shape index (κ3) is 7.39. The van der Waals surface area contributed by atoms with Crippen LogP contribution in [-0.4, -0.2) is 32.4 Å². The number of methoxy groups -OCH3 is 1. The van der Waals surface area contributed by atoms with Crippen molar-refractivity contribution in [3.8, 4) is 17.8 Å². The van der Waals surface area contributed by atoms with Crippen LogP contribution in [0.5, 0.6) is 5.75 Å². The molecular weight excluding hydrogens is 296 g/mol. The second-order valence-electron chi connectivity index (χ2n) is 4.82. The van der Waals surface area contributed by atoms with Gasteiger partial charge in [0.2, 0.25) is 0 Å². The van der Waals surface area contributed by atoms with Crippen LogP contribution >= 0.6 is 0 Å². The summed E-state index contributed by atoms with van der Waals surface area (Å²) in [7, 11) is 1.49. The summed E-state index contributed by atoms with van der Waals surface area (Å²) in [6.07, 6.45) is 6.32. The Bertz CT molecular complexity index is 553. The molecule has 0 saturated carbocycles. The largest absolute Gasteiger partial charge is 0.482 e. The van der Waals surface area contributed by atoms with E-state index in [0.29, 0.717) is 19.3 Å². The van der Waals surface area contributed by atoms with Crippen molar-refractivity contribution in [1.29, 1.82) is 0 Å². The van der Waals surface area contributed by atoms with Gasteiger partial charge in [0.05, 0.1) is 13.4 Å². The van der Waals surface area contributed by atoms with Gasteiger partial charge in [-0.25, -0.2) is 0 Å². The van der Waals surface area contributed by atoms with Crippen LogP contribution in [0.4, 0.5) is 0 Å². The van der Waals surface area contributed by atoms with E-state index in [-0.39, 0.29) is 6.79 Å². The Morgan fingerprint density at radius 1 is 1.26 bits per heavy atom. The highest BCUT2D eigenvalue weighted by Crippen LogP contribution is 2.20. The third-order valence-corrected chi connectivity index (χ3v) is 2.88. The van der Waals surface area contributed by atoms with Crippen LogP contribution in [0.3, 0.4) is 0 Å². The minimum absolute atomic E-state index is 0.229. The highest BCUT2D eigenvalue weighted by atomic mass is 16.7. The summed E-state index contributed by atoms with van der Waals surface area (Å²) in [6.45, 7) is 4.58. The molecule has 0 amide bonds. The quantitative estimate of drug-likeness (QED) is 0.175. The number of hydrogen-bond acceptors (Lipinski definition) is 5. The van der Waals surface area contributed by atoms with Gasteiger partial charge in [-0.1, -0.05) is 12.1 Å². The maximum Gasteiger partial charge on any atom is 0.189 e. The molecule has 23 heavy (non-hydrogen) atoms. The highest BCUT2D eigenvalue weighted by Gasteiger charge is 2.23. The summed E-state index contributed by atoms with van der Waals surface area (Å²) in [4.78, 5) is 10.4. The first kappa shape index (κ1) is 18.6. The second-order valence-corrected chi connectivity index (χ2v) is 4.82. The molecule has 0 radical (unpaired) electrons. The SMILES string of the molecule is CCOCOc1ccc(CC(C)(C#COC)O/C=C/C=O)cc1. The van der Waals surface area contributed by atoms with Crippen LogP contribution in [0.25, 0.3) is 0 Å². The Morgan fingerprint density at radius 3 is 2.61 bits per heavy atom. The molecule has 0 saturated heterocycles. The van der Waals surface area contributed by atoms with Crippen molar-refractivity contribution in [2.45, 2.75) is 25.9 Å². The first-order valence-corrected chi connectivity index (χ1v) is 7.26. The Kier molecular flexibility index (Phi) is 8.33. The van der Waals surface area contributed by atoms with E-state index in [1.807, 2.05) is 38.1 Å². The second kappa shape index (κ2) is 10.3. The van der Waals surface area contributed by atoms with Gasteiger partial charge >= 0.3 is 0 Å². The summed E-state index contributed by atoms with van der Waals surface area (Å²) in [5.74, 6) is 3.63. The molecule has 1 unspecified atom stereocenters. The first-order chi connectivity index (χ1) is 11.1. The van der Waals surface area contributed by atoms with Crippen molar-refractivity contribution in [3.63, 3.8) is 0 Å². The third-order valence-electron chi connectivity index (χ3n) is 2.88. The monoisotopic (exact) mass is 318 g/mol. The molecule has 0 heterocycles. The Balaban J connectivity index is 2.74. The number of hydrogen-bond donors (Lipinski definition) is 0. The zero-order valence-corrected chi connectivity index (χ0v) is 13.7. The topological polar surface area (TPSA) is 54.0 Å². The van der Waals surface area contributed by atoms with Crippen molar-refractivity contribution < 1.29 is 23.7 Å². The van der Waals surface area contributed by atoms with Gasteiger partial charge in [-0.3, -0.25) is 4.79 Å². The van der Waals surface area contributed by atoms with Crippen LogP contribution in [0.15, 0.2) is 36.6 Å². The molecule has 0 bridgehead atoms. The minimum atomic E-state index is -0.802. The predicted molar refractivity (Wildman–Crippen MR) is 86.7 cm³/mol. The molecule has 0 aromatic heterocycles. The van der Waals surface area contributed by atoms with E-state index in [2.05, 4.69) is 12.0 Å². The van der Waals surface area contributed by atoms with Crippen LogP contribution in [0.1, 0.15) is 19.4 Å². The standard InChI is InChI=1S/C18H22O5/c1-4-21-15-22-17-8-6-16(7-9-17)14-18(2,10-13-20-3)23-12-5-11-19/h5-9,11-12H,4,14-15H2,1-3H3/b12-5+. The molecule has 0 fully saturated rings. The number of ether oxygens (including phenoxy) is 4. The van der Waals surface area contributed by atoms with Crippen molar-refractivity contribution in [2.75, 3.05) is 20.5 Å². The molecular formula is C18H22O5. The Morgan fingerprint density at radius 2 is 2.00 bits per heavy atom. The van der Waals surface area contributed by atoms with E-state index in [4.69, 9.17) is 18.9 Å². The van der Waals surface area contributed by atoms with Gasteiger partial charge in [-0.2, -0.15) is 0 Å². The fourth-order valence-electron chi connectivity index (χ4n) is 1.78. The minimum Gasteiger partial charge on any atom is -0.482 e. The van der Waals surface area contributed by atoms with Crippen LogP contribution in [0.2, 0.25) is 0 Å². The van der Waals surface area contributed by atoms with Crippen molar-refractivity contribution in [1.82, 2.24) is 0 Å². The first-order valence-electron chi connectivity index (χ1n) is 7.26. The molecule has 0 aliphatic rings. The molecule has 5 heteroatoms. The molecule has 0 aliphatic carbocycles. The summed E-state index contributed by atoms with van der Waals surface area (Å²) in [5.41, 5.74) is 0.213. The number of benzene rings is 1. The van der Waals surface area contributed by atoms with Crippen LogP contribution in [0, 0.1) is 12.0 Å². The fraction of sp³-hybridized carbons (Fsp3) is 0.389. The molecule has 1 rings (SSSR count). The number of carbonyl (C=O) groups is 1. The maximum atomic E-state index is 10.4.